The fourth-order valence-corrected chi connectivity index (χ4v) is 2.05. The first-order valence-corrected chi connectivity index (χ1v) is 8.21. The van der Waals surface area contributed by atoms with Gasteiger partial charge in [0.2, 0.25) is 5.88 Å². The average molecular weight is 510 g/mol. The summed E-state index contributed by atoms with van der Waals surface area (Å²) in [7, 11) is 0. The van der Waals surface area contributed by atoms with Crippen molar-refractivity contribution in [2.75, 3.05) is 0 Å². The van der Waals surface area contributed by atoms with E-state index in [0.29, 0.717) is 19.0 Å². The number of aliphatic imine (C=N–C) groups is 1. The predicted molar refractivity (Wildman–Crippen MR) is 111 cm³/mol. The molecule has 3 N–H and O–H groups in total. The van der Waals surface area contributed by atoms with Crippen LogP contribution in [-0.2, 0) is 13.1 Å². The molecule has 28 heavy (non-hydrogen) atoms. The number of nitrogens with two attached hydrogens (primary N) is 1. The van der Waals surface area contributed by atoms with E-state index >= 15 is 0 Å². The summed E-state index contributed by atoms with van der Waals surface area (Å²) in [5.74, 6) is 0.486. The van der Waals surface area contributed by atoms with Crippen LogP contribution in [0.2, 0.25) is 0 Å². The highest BCUT2D eigenvalue weighted by Gasteiger charge is 2.30. The number of pyridine rings is 1. The molecule has 1 aromatic carbocycles. The quantitative estimate of drug-likeness (QED) is 0.335. The summed E-state index contributed by atoms with van der Waals surface area (Å²) in [5, 5.41) is 2.89. The molecule has 10 heteroatoms. The van der Waals surface area contributed by atoms with E-state index in [9.17, 15) is 13.2 Å². The maximum absolute atomic E-state index is 12.1. The normalized spacial score (nSPS) is 11.7. The van der Waals surface area contributed by atoms with Crippen LogP contribution in [0.4, 0.5) is 13.2 Å². The Kier molecular flexibility index (Phi) is 9.29. The summed E-state index contributed by atoms with van der Waals surface area (Å²) >= 11 is 0. The molecule has 1 aromatic heterocycles. The van der Waals surface area contributed by atoms with Crippen LogP contribution >= 0.6 is 24.0 Å². The third-order valence-electron chi connectivity index (χ3n) is 3.22. The maximum atomic E-state index is 12.1. The summed E-state index contributed by atoms with van der Waals surface area (Å²) in [6.45, 7) is 4.50. The number of ether oxygens (including phenoxy) is 2. The Bertz CT molecular complexity index is 751. The van der Waals surface area contributed by atoms with Crippen molar-refractivity contribution in [3.05, 3.63) is 53.7 Å². The van der Waals surface area contributed by atoms with Crippen LogP contribution < -0.4 is 20.5 Å². The molecule has 0 fully saturated rings. The van der Waals surface area contributed by atoms with Crippen LogP contribution in [0.3, 0.4) is 0 Å². The minimum Gasteiger partial charge on any atom is -0.475 e. The van der Waals surface area contributed by atoms with E-state index in [1.165, 1.54) is 24.3 Å². The van der Waals surface area contributed by atoms with Gasteiger partial charge >= 0.3 is 6.36 Å². The monoisotopic (exact) mass is 510 g/mol. The first kappa shape index (κ1) is 23.8. The van der Waals surface area contributed by atoms with E-state index in [1.54, 1.807) is 12.3 Å². The highest BCUT2D eigenvalue weighted by Crippen LogP contribution is 2.22. The number of rotatable bonds is 7. The summed E-state index contributed by atoms with van der Waals surface area (Å²) in [6, 6.07) is 9.12. The van der Waals surface area contributed by atoms with Gasteiger partial charge in [0, 0.05) is 18.8 Å². The SMILES string of the molecule is CC(C)Oc1ccc(CN=C(N)NCc2ccc(OC(F)(F)F)cc2)cn1.I. The van der Waals surface area contributed by atoms with Gasteiger partial charge in [-0.25, -0.2) is 9.98 Å². The molecule has 0 atom stereocenters. The molecule has 154 valence electrons. The fraction of sp³-hybridized carbons (Fsp3) is 0.333. The molecular formula is C18H22F3IN4O2. The molecule has 0 saturated carbocycles. The van der Waals surface area contributed by atoms with Gasteiger partial charge in [0.05, 0.1) is 12.6 Å². The number of hydrogen-bond donors (Lipinski definition) is 2. The van der Waals surface area contributed by atoms with Crippen molar-refractivity contribution in [2.45, 2.75) is 39.4 Å². The number of nitrogens with one attached hydrogen (secondary N) is 1. The van der Waals surface area contributed by atoms with Crippen LogP contribution in [0.1, 0.15) is 25.0 Å². The Balaban J connectivity index is 0.00000392. The van der Waals surface area contributed by atoms with Crippen LogP contribution in [0.15, 0.2) is 47.6 Å². The van der Waals surface area contributed by atoms with Crippen LogP contribution in [0, 0.1) is 0 Å². The van der Waals surface area contributed by atoms with Gasteiger partial charge in [-0.15, -0.1) is 37.1 Å². The van der Waals surface area contributed by atoms with Crippen molar-refractivity contribution < 1.29 is 22.6 Å². The molecule has 0 amide bonds. The molecule has 2 rings (SSSR count). The zero-order valence-electron chi connectivity index (χ0n) is 15.4. The van der Waals surface area contributed by atoms with Crippen LogP contribution in [0.5, 0.6) is 11.6 Å². The lowest BCUT2D eigenvalue weighted by Crippen LogP contribution is -2.31. The van der Waals surface area contributed by atoms with Crippen LogP contribution in [0.25, 0.3) is 0 Å². The number of guanidine groups is 1. The van der Waals surface area contributed by atoms with E-state index in [4.69, 9.17) is 10.5 Å². The van der Waals surface area contributed by atoms with Gasteiger partial charge in [0.1, 0.15) is 5.75 Å². The fourth-order valence-electron chi connectivity index (χ4n) is 2.05. The van der Waals surface area contributed by atoms with Crippen molar-refractivity contribution in [3.63, 3.8) is 0 Å². The predicted octanol–water partition coefficient (Wildman–Crippen LogP) is 3.99. The largest absolute Gasteiger partial charge is 0.573 e. The minimum absolute atomic E-state index is 0. The van der Waals surface area contributed by atoms with Gasteiger partial charge in [0.25, 0.3) is 0 Å². The van der Waals surface area contributed by atoms with Gasteiger partial charge in [-0.2, -0.15) is 0 Å². The van der Waals surface area contributed by atoms with E-state index < -0.39 is 6.36 Å². The van der Waals surface area contributed by atoms with Crippen molar-refractivity contribution in [3.8, 4) is 11.6 Å². The third kappa shape index (κ3) is 9.11. The van der Waals surface area contributed by atoms with Gasteiger partial charge in [0.15, 0.2) is 5.96 Å². The maximum Gasteiger partial charge on any atom is 0.573 e. The molecule has 0 spiro atoms. The van der Waals surface area contributed by atoms with Gasteiger partial charge < -0.3 is 20.5 Å². The third-order valence-corrected chi connectivity index (χ3v) is 3.22. The number of hydrogen-bond acceptors (Lipinski definition) is 4. The second kappa shape index (κ2) is 10.9. The van der Waals surface area contributed by atoms with Gasteiger partial charge in [-0.05, 0) is 37.1 Å². The summed E-state index contributed by atoms with van der Waals surface area (Å²) in [5.41, 5.74) is 7.40. The lowest BCUT2D eigenvalue weighted by atomic mass is 10.2. The van der Waals surface area contributed by atoms with Crippen LogP contribution in [-0.4, -0.2) is 23.4 Å². The molecule has 2 aromatic rings. The smallest absolute Gasteiger partial charge is 0.475 e. The zero-order chi connectivity index (χ0) is 19.9. The number of halogens is 4. The van der Waals surface area contributed by atoms with Crippen molar-refractivity contribution >= 4 is 29.9 Å². The molecule has 0 saturated heterocycles. The Morgan fingerprint density at radius 2 is 1.79 bits per heavy atom. The van der Waals surface area contributed by atoms with E-state index in [0.717, 1.165) is 11.1 Å². The number of benzene rings is 1. The van der Waals surface area contributed by atoms with Gasteiger partial charge in [-0.1, -0.05) is 18.2 Å². The lowest BCUT2D eigenvalue weighted by Gasteiger charge is -2.10. The Hall–Kier alpha value is -2.24. The number of aromatic nitrogens is 1. The van der Waals surface area contributed by atoms with E-state index in [-0.39, 0.29) is 41.8 Å². The standard InChI is InChI=1S/C18H21F3N4O2.HI/c1-12(2)26-16-8-5-14(10-23-16)11-25-17(22)24-9-13-3-6-15(7-4-13)27-18(19,20)21;/h3-8,10,12H,9,11H2,1-2H3,(H3,22,24,25);1H. The molecule has 0 unspecified atom stereocenters. The van der Waals surface area contributed by atoms with Gasteiger partial charge in [-0.3, -0.25) is 0 Å². The summed E-state index contributed by atoms with van der Waals surface area (Å²) in [6.07, 6.45) is -2.99. The van der Waals surface area contributed by atoms with Crippen molar-refractivity contribution in [1.82, 2.24) is 10.3 Å². The Morgan fingerprint density at radius 3 is 2.32 bits per heavy atom. The molecular weight excluding hydrogens is 488 g/mol. The highest BCUT2D eigenvalue weighted by atomic mass is 127. The summed E-state index contributed by atoms with van der Waals surface area (Å²) in [4.78, 5) is 8.37. The first-order valence-electron chi connectivity index (χ1n) is 8.21. The second-order valence-electron chi connectivity index (χ2n) is 5.92. The van der Waals surface area contributed by atoms with E-state index in [1.807, 2.05) is 19.9 Å². The second-order valence-corrected chi connectivity index (χ2v) is 5.92. The Morgan fingerprint density at radius 1 is 1.14 bits per heavy atom. The van der Waals surface area contributed by atoms with Crippen molar-refractivity contribution in [2.24, 2.45) is 10.7 Å². The highest BCUT2D eigenvalue weighted by molar-refractivity contribution is 14.0. The molecule has 6 nitrogen and oxygen atoms in total. The van der Waals surface area contributed by atoms with Crippen molar-refractivity contribution in [1.29, 1.82) is 0 Å². The average Bonchev–Trinajstić information content (AvgIpc) is 2.59. The lowest BCUT2D eigenvalue weighted by molar-refractivity contribution is -0.274. The molecule has 0 radical (unpaired) electrons. The minimum atomic E-state index is -4.70. The topological polar surface area (TPSA) is 81.8 Å². The molecule has 1 heterocycles. The zero-order valence-corrected chi connectivity index (χ0v) is 17.7. The molecule has 0 aliphatic carbocycles. The molecule has 0 bridgehead atoms. The molecule has 0 aliphatic rings. The number of nitrogens with zero attached hydrogens (tertiary/aromatic N) is 2. The summed E-state index contributed by atoms with van der Waals surface area (Å²) < 4.78 is 45.6. The van der Waals surface area contributed by atoms with E-state index in [2.05, 4.69) is 20.0 Å². The first-order chi connectivity index (χ1) is 12.7. The molecule has 0 aliphatic heterocycles. The number of alkyl halides is 3. The Labute approximate surface area is 178 Å².